The molecule has 0 aromatic rings. The van der Waals surface area contributed by atoms with Crippen LogP contribution in [0.2, 0.25) is 0 Å². The van der Waals surface area contributed by atoms with Gasteiger partial charge in [0.2, 0.25) is 5.91 Å². The summed E-state index contributed by atoms with van der Waals surface area (Å²) in [6.45, 7) is 8.76. The highest BCUT2D eigenvalue weighted by molar-refractivity contribution is 5.88. The van der Waals surface area contributed by atoms with E-state index in [0.29, 0.717) is 6.42 Å². The van der Waals surface area contributed by atoms with E-state index in [1.54, 1.807) is 13.8 Å². The molecule has 0 saturated carbocycles. The average molecular weight is 259 g/mol. The van der Waals surface area contributed by atoms with Crippen molar-refractivity contribution >= 4 is 11.9 Å². The highest BCUT2D eigenvalue weighted by Crippen LogP contribution is 2.27. The predicted octanol–water partition coefficient (Wildman–Crippen LogP) is 1.10. The van der Waals surface area contributed by atoms with E-state index in [1.165, 1.54) is 14.0 Å². The molecule has 0 saturated heterocycles. The van der Waals surface area contributed by atoms with Crippen LogP contribution < -0.4 is 5.32 Å². The normalized spacial score (nSPS) is 16.3. The van der Waals surface area contributed by atoms with Crippen LogP contribution in [0.4, 0.5) is 0 Å². The van der Waals surface area contributed by atoms with E-state index in [2.05, 4.69) is 5.32 Å². The minimum Gasteiger partial charge on any atom is -0.467 e. The number of aliphatic hydroxyl groups is 1. The zero-order valence-corrected chi connectivity index (χ0v) is 12.1. The summed E-state index contributed by atoms with van der Waals surface area (Å²) >= 11 is 0. The summed E-state index contributed by atoms with van der Waals surface area (Å²) in [4.78, 5) is 23.4. The topological polar surface area (TPSA) is 75.6 Å². The van der Waals surface area contributed by atoms with Crippen molar-refractivity contribution in [3.8, 4) is 0 Å². The lowest BCUT2D eigenvalue weighted by Crippen LogP contribution is -2.64. The molecule has 0 spiro atoms. The Bertz CT molecular complexity index is 301. The molecule has 5 heteroatoms. The van der Waals surface area contributed by atoms with Gasteiger partial charge in [-0.2, -0.15) is 0 Å². The minimum absolute atomic E-state index is 0.129. The first-order valence-corrected chi connectivity index (χ1v) is 6.22. The van der Waals surface area contributed by atoms with Gasteiger partial charge in [-0.05, 0) is 18.3 Å². The summed E-state index contributed by atoms with van der Waals surface area (Å²) in [6, 6.07) is 0. The van der Waals surface area contributed by atoms with E-state index in [-0.39, 0.29) is 17.7 Å². The van der Waals surface area contributed by atoms with E-state index in [1.807, 2.05) is 13.8 Å². The zero-order valence-electron chi connectivity index (χ0n) is 12.1. The molecule has 0 unspecified atom stereocenters. The molecule has 0 aliphatic carbocycles. The van der Waals surface area contributed by atoms with E-state index in [0.717, 1.165) is 0 Å². The molecular weight excluding hydrogens is 234 g/mol. The van der Waals surface area contributed by atoms with Crippen molar-refractivity contribution in [2.45, 2.75) is 52.7 Å². The Hall–Kier alpha value is -1.10. The van der Waals surface area contributed by atoms with Gasteiger partial charge in [0.05, 0.1) is 13.2 Å². The third kappa shape index (κ3) is 3.98. The maximum atomic E-state index is 12.1. The summed E-state index contributed by atoms with van der Waals surface area (Å²) < 4.78 is 4.78. The zero-order chi connectivity index (χ0) is 14.5. The Labute approximate surface area is 109 Å². The van der Waals surface area contributed by atoms with Crippen LogP contribution in [0.25, 0.3) is 0 Å². The lowest BCUT2D eigenvalue weighted by atomic mass is 9.79. The molecule has 0 radical (unpaired) electrons. The van der Waals surface area contributed by atoms with Gasteiger partial charge < -0.3 is 15.2 Å². The fraction of sp³-hybridized carbons (Fsp3) is 0.846. The van der Waals surface area contributed by atoms with Crippen molar-refractivity contribution in [3.63, 3.8) is 0 Å². The number of amides is 1. The highest BCUT2D eigenvalue weighted by Gasteiger charge is 2.48. The molecule has 0 aromatic carbocycles. The molecule has 0 bridgehead atoms. The molecule has 2 N–H and O–H groups in total. The Morgan fingerprint density at radius 3 is 2.06 bits per heavy atom. The third-order valence-corrected chi connectivity index (χ3v) is 2.82. The highest BCUT2D eigenvalue weighted by atomic mass is 16.5. The maximum absolute atomic E-state index is 12.1. The molecular formula is C13H25NO4. The fourth-order valence-corrected chi connectivity index (χ4v) is 2.21. The lowest BCUT2D eigenvalue weighted by molar-refractivity contribution is -0.159. The van der Waals surface area contributed by atoms with Crippen molar-refractivity contribution < 1.29 is 19.4 Å². The molecule has 106 valence electrons. The van der Waals surface area contributed by atoms with Gasteiger partial charge >= 0.3 is 5.97 Å². The SMILES string of the molecule is COC(=O)[C@@](CC(C)C)(NC(C)=O)[C@@H](O)C(C)C. The number of carbonyl (C=O) groups excluding carboxylic acids is 2. The molecule has 5 nitrogen and oxygen atoms in total. The van der Waals surface area contributed by atoms with Crippen LogP contribution in [0.3, 0.4) is 0 Å². The van der Waals surface area contributed by atoms with Crippen molar-refractivity contribution in [1.82, 2.24) is 5.32 Å². The quantitative estimate of drug-likeness (QED) is 0.700. The Morgan fingerprint density at radius 1 is 1.28 bits per heavy atom. The van der Waals surface area contributed by atoms with Crippen LogP contribution in [0, 0.1) is 11.8 Å². The summed E-state index contributed by atoms with van der Waals surface area (Å²) in [7, 11) is 1.26. The largest absolute Gasteiger partial charge is 0.467 e. The van der Waals surface area contributed by atoms with Crippen molar-refractivity contribution in [2.24, 2.45) is 11.8 Å². The smallest absolute Gasteiger partial charge is 0.334 e. The molecule has 0 rings (SSSR count). The van der Waals surface area contributed by atoms with Gasteiger partial charge in [0.25, 0.3) is 0 Å². The van der Waals surface area contributed by atoms with Crippen LogP contribution in [0.1, 0.15) is 41.0 Å². The van der Waals surface area contributed by atoms with Gasteiger partial charge in [-0.25, -0.2) is 4.79 Å². The first-order chi connectivity index (χ1) is 8.17. The monoisotopic (exact) mass is 259 g/mol. The Balaban J connectivity index is 5.52. The van der Waals surface area contributed by atoms with Gasteiger partial charge in [0, 0.05) is 6.92 Å². The van der Waals surface area contributed by atoms with Crippen LogP contribution >= 0.6 is 0 Å². The van der Waals surface area contributed by atoms with Gasteiger partial charge in [-0.15, -0.1) is 0 Å². The number of aliphatic hydroxyl groups excluding tert-OH is 1. The van der Waals surface area contributed by atoms with E-state index < -0.39 is 17.6 Å². The summed E-state index contributed by atoms with van der Waals surface area (Å²) in [5.74, 6) is -1.01. The average Bonchev–Trinajstić information content (AvgIpc) is 2.24. The van der Waals surface area contributed by atoms with Gasteiger partial charge in [0.15, 0.2) is 5.54 Å². The van der Waals surface area contributed by atoms with Gasteiger partial charge in [0.1, 0.15) is 0 Å². The number of carbonyl (C=O) groups is 2. The van der Waals surface area contributed by atoms with E-state index in [4.69, 9.17) is 4.74 Å². The standard InChI is InChI=1S/C13H25NO4/c1-8(2)7-13(12(17)18-6,14-10(5)15)11(16)9(3)4/h8-9,11,16H,7H2,1-6H3,(H,14,15)/t11-,13-/m0/s1. The van der Waals surface area contributed by atoms with Crippen molar-refractivity contribution in [1.29, 1.82) is 0 Å². The number of hydrogen-bond donors (Lipinski definition) is 2. The molecule has 0 aliphatic rings. The van der Waals surface area contributed by atoms with Crippen LogP contribution in [0.5, 0.6) is 0 Å². The van der Waals surface area contributed by atoms with Gasteiger partial charge in [-0.3, -0.25) is 4.79 Å². The third-order valence-electron chi connectivity index (χ3n) is 2.82. The van der Waals surface area contributed by atoms with Gasteiger partial charge in [-0.1, -0.05) is 27.7 Å². The Morgan fingerprint density at radius 2 is 1.78 bits per heavy atom. The molecule has 0 aliphatic heterocycles. The van der Waals surface area contributed by atoms with Crippen LogP contribution in [-0.2, 0) is 14.3 Å². The number of methoxy groups -OCH3 is 1. The maximum Gasteiger partial charge on any atom is 0.334 e. The predicted molar refractivity (Wildman–Crippen MR) is 68.9 cm³/mol. The number of rotatable bonds is 6. The van der Waals surface area contributed by atoms with Crippen molar-refractivity contribution in [2.75, 3.05) is 7.11 Å². The summed E-state index contributed by atoms with van der Waals surface area (Å²) in [6.07, 6.45) is -0.658. The second-order valence-electron chi connectivity index (χ2n) is 5.43. The second kappa shape index (κ2) is 6.73. The summed E-state index contributed by atoms with van der Waals surface area (Å²) in [5.41, 5.74) is -1.37. The Kier molecular flexibility index (Phi) is 6.32. The van der Waals surface area contributed by atoms with Crippen LogP contribution in [-0.4, -0.2) is 35.7 Å². The summed E-state index contributed by atoms with van der Waals surface area (Å²) in [5, 5.41) is 12.9. The van der Waals surface area contributed by atoms with Crippen LogP contribution in [0.15, 0.2) is 0 Å². The molecule has 18 heavy (non-hydrogen) atoms. The number of esters is 1. The van der Waals surface area contributed by atoms with E-state index >= 15 is 0 Å². The second-order valence-corrected chi connectivity index (χ2v) is 5.43. The minimum atomic E-state index is -1.37. The number of hydrogen-bond acceptors (Lipinski definition) is 4. The van der Waals surface area contributed by atoms with Crippen molar-refractivity contribution in [3.05, 3.63) is 0 Å². The molecule has 0 fully saturated rings. The number of ether oxygens (including phenoxy) is 1. The molecule has 0 heterocycles. The van der Waals surface area contributed by atoms with E-state index in [9.17, 15) is 14.7 Å². The first kappa shape index (κ1) is 16.9. The number of nitrogens with one attached hydrogen (secondary N) is 1. The molecule has 1 amide bonds. The molecule has 0 aromatic heterocycles. The lowest BCUT2D eigenvalue weighted by Gasteiger charge is -2.38. The first-order valence-electron chi connectivity index (χ1n) is 6.22. The fourth-order valence-electron chi connectivity index (χ4n) is 2.21. The molecule has 2 atom stereocenters.